The molecule has 140 valence electrons. The van der Waals surface area contributed by atoms with E-state index in [4.69, 9.17) is 11.6 Å². The van der Waals surface area contributed by atoms with E-state index < -0.39 is 11.7 Å². The third-order valence-electron chi connectivity index (χ3n) is 4.80. The van der Waals surface area contributed by atoms with Crippen LogP contribution in [0.2, 0.25) is 5.02 Å². The molecule has 1 atom stereocenters. The molecule has 4 rings (SSSR count). The minimum absolute atomic E-state index is 0.0171. The van der Waals surface area contributed by atoms with Gasteiger partial charge in [0.15, 0.2) is 0 Å². The standard InChI is InChI=1S/C19H17ClFN3O2S/c1-10-2-4-12-15(6-10)27-18-17(12)19(26)24(9-22-18)8-16(25)23-14-7-11(20)3-5-13(14)21/h3,5,7,9-10H,2,4,6,8H2,1H3,(H,23,25)/t10-/m1/s1. The van der Waals surface area contributed by atoms with E-state index in [0.717, 1.165) is 29.7 Å². The summed E-state index contributed by atoms with van der Waals surface area (Å²) in [7, 11) is 0. The molecule has 0 bridgehead atoms. The van der Waals surface area contributed by atoms with Crippen molar-refractivity contribution in [3.63, 3.8) is 0 Å². The molecule has 1 aliphatic rings. The zero-order chi connectivity index (χ0) is 19.1. The van der Waals surface area contributed by atoms with Gasteiger partial charge in [-0.2, -0.15) is 0 Å². The molecular formula is C19H17ClFN3O2S. The van der Waals surface area contributed by atoms with E-state index >= 15 is 0 Å². The van der Waals surface area contributed by atoms with Crippen LogP contribution in [-0.4, -0.2) is 15.5 Å². The van der Waals surface area contributed by atoms with Crippen LogP contribution in [0.15, 0.2) is 29.3 Å². The molecular weight excluding hydrogens is 389 g/mol. The monoisotopic (exact) mass is 405 g/mol. The van der Waals surface area contributed by atoms with Gasteiger partial charge in [0.1, 0.15) is 17.2 Å². The smallest absolute Gasteiger partial charge is 0.262 e. The number of halogens is 2. The van der Waals surface area contributed by atoms with Crippen LogP contribution < -0.4 is 10.9 Å². The molecule has 8 heteroatoms. The molecule has 0 aliphatic heterocycles. The van der Waals surface area contributed by atoms with Crippen LogP contribution in [0.5, 0.6) is 0 Å². The molecule has 2 heterocycles. The van der Waals surface area contributed by atoms with Crippen molar-refractivity contribution in [3.8, 4) is 0 Å². The van der Waals surface area contributed by atoms with Crippen molar-refractivity contribution in [3.05, 3.63) is 56.2 Å². The average Bonchev–Trinajstić information content (AvgIpc) is 2.98. The lowest BCUT2D eigenvalue weighted by atomic mass is 9.89. The highest BCUT2D eigenvalue weighted by molar-refractivity contribution is 7.18. The molecule has 27 heavy (non-hydrogen) atoms. The molecule has 0 spiro atoms. The minimum Gasteiger partial charge on any atom is -0.322 e. The summed E-state index contributed by atoms with van der Waals surface area (Å²) in [6.45, 7) is 1.97. The van der Waals surface area contributed by atoms with Gasteiger partial charge in [-0.3, -0.25) is 14.2 Å². The second-order valence-corrected chi connectivity index (χ2v) is 8.40. The highest BCUT2D eigenvalue weighted by Crippen LogP contribution is 2.35. The molecule has 0 radical (unpaired) electrons. The predicted molar refractivity (Wildman–Crippen MR) is 105 cm³/mol. The largest absolute Gasteiger partial charge is 0.322 e. The molecule has 1 N–H and O–H groups in total. The fourth-order valence-electron chi connectivity index (χ4n) is 3.42. The number of nitrogens with one attached hydrogen (secondary N) is 1. The summed E-state index contributed by atoms with van der Waals surface area (Å²) in [4.78, 5) is 31.5. The van der Waals surface area contributed by atoms with E-state index in [2.05, 4.69) is 17.2 Å². The van der Waals surface area contributed by atoms with Crippen LogP contribution in [0, 0.1) is 11.7 Å². The summed E-state index contributed by atoms with van der Waals surface area (Å²) in [6, 6.07) is 3.90. The number of anilines is 1. The van der Waals surface area contributed by atoms with E-state index in [1.165, 1.54) is 34.0 Å². The fourth-order valence-corrected chi connectivity index (χ4v) is 4.93. The van der Waals surface area contributed by atoms with Crippen LogP contribution >= 0.6 is 22.9 Å². The Kier molecular flexibility index (Phi) is 4.74. The number of rotatable bonds is 3. The van der Waals surface area contributed by atoms with E-state index in [1.807, 2.05) is 0 Å². The fraction of sp³-hybridized carbons (Fsp3) is 0.316. The average molecular weight is 406 g/mol. The summed E-state index contributed by atoms with van der Waals surface area (Å²) in [6.07, 6.45) is 4.24. The van der Waals surface area contributed by atoms with Crippen LogP contribution in [0.1, 0.15) is 23.8 Å². The molecule has 0 unspecified atom stereocenters. The maximum Gasteiger partial charge on any atom is 0.262 e. The second kappa shape index (κ2) is 7.05. The van der Waals surface area contributed by atoms with Gasteiger partial charge in [0.2, 0.25) is 5.91 Å². The second-order valence-electron chi connectivity index (χ2n) is 6.88. The number of aryl methyl sites for hydroxylation is 1. The van der Waals surface area contributed by atoms with Gasteiger partial charge in [-0.15, -0.1) is 11.3 Å². The lowest BCUT2D eigenvalue weighted by Gasteiger charge is -2.17. The molecule has 0 saturated carbocycles. The number of aromatic nitrogens is 2. The van der Waals surface area contributed by atoms with E-state index in [9.17, 15) is 14.0 Å². The number of thiophene rings is 1. The lowest BCUT2D eigenvalue weighted by molar-refractivity contribution is -0.116. The van der Waals surface area contributed by atoms with Gasteiger partial charge in [-0.1, -0.05) is 18.5 Å². The SMILES string of the molecule is C[C@@H]1CCc2c(sc3ncn(CC(=O)Nc4cc(Cl)ccc4F)c(=O)c23)C1. The summed E-state index contributed by atoms with van der Waals surface area (Å²) in [5.41, 5.74) is 0.825. The molecule has 0 saturated heterocycles. The summed E-state index contributed by atoms with van der Waals surface area (Å²) < 4.78 is 15.1. The number of carbonyl (C=O) groups is 1. The summed E-state index contributed by atoms with van der Waals surface area (Å²) in [5.74, 6) is -0.502. The molecule has 3 aromatic rings. The van der Waals surface area contributed by atoms with Crippen molar-refractivity contribution in [2.75, 3.05) is 5.32 Å². The Hall–Kier alpha value is -2.25. The summed E-state index contributed by atoms with van der Waals surface area (Å²) in [5, 5.41) is 3.38. The highest BCUT2D eigenvalue weighted by atomic mass is 35.5. The van der Waals surface area contributed by atoms with Crippen molar-refractivity contribution in [1.29, 1.82) is 0 Å². The third kappa shape index (κ3) is 3.49. The van der Waals surface area contributed by atoms with Crippen molar-refractivity contribution >= 4 is 44.7 Å². The van der Waals surface area contributed by atoms with Crippen LogP contribution in [0.25, 0.3) is 10.2 Å². The van der Waals surface area contributed by atoms with E-state index in [1.54, 1.807) is 11.3 Å². The highest BCUT2D eigenvalue weighted by Gasteiger charge is 2.23. The van der Waals surface area contributed by atoms with Crippen LogP contribution in [-0.2, 0) is 24.2 Å². The lowest BCUT2D eigenvalue weighted by Crippen LogP contribution is -2.28. The Morgan fingerprint density at radius 1 is 1.48 bits per heavy atom. The van der Waals surface area contributed by atoms with Crippen LogP contribution in [0.4, 0.5) is 10.1 Å². The zero-order valence-corrected chi connectivity index (χ0v) is 16.2. The zero-order valence-electron chi connectivity index (χ0n) is 14.6. The van der Waals surface area contributed by atoms with Crippen molar-refractivity contribution < 1.29 is 9.18 Å². The number of amides is 1. The van der Waals surface area contributed by atoms with E-state index in [0.29, 0.717) is 16.3 Å². The summed E-state index contributed by atoms with van der Waals surface area (Å²) >= 11 is 7.40. The number of fused-ring (bicyclic) bond motifs is 3. The predicted octanol–water partition coefficient (Wildman–Crippen LogP) is 4.01. The number of hydrogen-bond acceptors (Lipinski definition) is 4. The molecule has 2 aromatic heterocycles. The topological polar surface area (TPSA) is 64.0 Å². The maximum atomic E-state index is 13.8. The molecule has 1 amide bonds. The number of nitrogens with zero attached hydrogens (tertiary/aromatic N) is 2. The first-order valence-corrected chi connectivity index (χ1v) is 9.86. The molecule has 0 fully saturated rings. The van der Waals surface area contributed by atoms with Crippen molar-refractivity contribution in [1.82, 2.24) is 9.55 Å². The Morgan fingerprint density at radius 3 is 3.11 bits per heavy atom. The van der Waals surface area contributed by atoms with Gasteiger partial charge >= 0.3 is 0 Å². The third-order valence-corrected chi connectivity index (χ3v) is 6.20. The van der Waals surface area contributed by atoms with Crippen molar-refractivity contribution in [2.24, 2.45) is 5.92 Å². The Morgan fingerprint density at radius 2 is 2.30 bits per heavy atom. The first-order chi connectivity index (χ1) is 12.9. The van der Waals surface area contributed by atoms with Crippen molar-refractivity contribution in [2.45, 2.75) is 32.7 Å². The van der Waals surface area contributed by atoms with Gasteiger partial charge in [0.05, 0.1) is 17.4 Å². The Balaban J connectivity index is 1.62. The van der Waals surface area contributed by atoms with Gasteiger partial charge in [-0.05, 0) is 48.9 Å². The van der Waals surface area contributed by atoms with E-state index in [-0.39, 0.29) is 17.8 Å². The van der Waals surface area contributed by atoms with Crippen LogP contribution in [0.3, 0.4) is 0 Å². The number of benzene rings is 1. The first kappa shape index (κ1) is 18.1. The minimum atomic E-state index is -0.588. The van der Waals surface area contributed by atoms with Gasteiger partial charge in [0, 0.05) is 9.90 Å². The number of hydrogen-bond donors (Lipinski definition) is 1. The normalized spacial score (nSPS) is 16.3. The number of carbonyl (C=O) groups excluding carboxylic acids is 1. The van der Waals surface area contributed by atoms with Gasteiger partial charge < -0.3 is 5.32 Å². The Labute approximate surface area is 163 Å². The Bertz CT molecular complexity index is 1110. The molecule has 1 aliphatic carbocycles. The first-order valence-electron chi connectivity index (χ1n) is 8.67. The maximum absolute atomic E-state index is 13.8. The molecule has 1 aromatic carbocycles. The molecule has 5 nitrogen and oxygen atoms in total. The van der Waals surface area contributed by atoms with Gasteiger partial charge in [-0.25, -0.2) is 9.37 Å². The quantitative estimate of drug-likeness (QED) is 0.716. The van der Waals surface area contributed by atoms with Gasteiger partial charge in [0.25, 0.3) is 5.56 Å².